The van der Waals surface area contributed by atoms with E-state index in [4.69, 9.17) is 0 Å². The van der Waals surface area contributed by atoms with E-state index in [1.807, 2.05) is 19.1 Å². The van der Waals surface area contributed by atoms with Crippen molar-refractivity contribution >= 4 is 15.5 Å². The topological polar surface area (TPSA) is 68.1 Å². The Bertz CT molecular complexity index is 955. The lowest BCUT2D eigenvalue weighted by molar-refractivity contribution is 0.581. The minimum Gasteiger partial charge on any atom is -0.341 e. The van der Waals surface area contributed by atoms with Gasteiger partial charge in [0, 0.05) is 36.4 Å². The van der Waals surface area contributed by atoms with Crippen molar-refractivity contribution in [3.8, 4) is 5.82 Å². The number of hydrogen-bond donors (Lipinski definition) is 0. The Balaban J connectivity index is 2.00. The summed E-state index contributed by atoms with van der Waals surface area (Å²) in [5, 5.41) is 3.79. The molecule has 7 heteroatoms. The molecule has 2 aromatic rings. The molecule has 0 unspecified atom stereocenters. The van der Waals surface area contributed by atoms with Crippen LogP contribution in [0.5, 0.6) is 0 Å². The van der Waals surface area contributed by atoms with Gasteiger partial charge in [-0.3, -0.25) is 0 Å². The molecule has 1 aliphatic rings. The Morgan fingerprint density at radius 2 is 2.00 bits per heavy atom. The minimum absolute atomic E-state index is 0.0726. The number of aryl methyl sites for hydroxylation is 1. The standard InChI is InChI=1S/C18H22N4O2S/c1-13(2)25(23,24)18-8-10-22(20-18)17-11-16(14(3)12-19-17)21-9-6-5-7-15(21)4/h5-8,10-13H,9H2,1-4H3. The normalized spacial score (nSPS) is 14.9. The summed E-state index contributed by atoms with van der Waals surface area (Å²) < 4.78 is 26.0. The van der Waals surface area contributed by atoms with E-state index < -0.39 is 15.1 Å². The lowest BCUT2D eigenvalue weighted by Crippen LogP contribution is -2.24. The first-order valence-corrected chi connectivity index (χ1v) is 9.73. The highest BCUT2D eigenvalue weighted by Gasteiger charge is 2.22. The summed E-state index contributed by atoms with van der Waals surface area (Å²) >= 11 is 0. The van der Waals surface area contributed by atoms with E-state index in [1.54, 1.807) is 26.2 Å². The number of pyridine rings is 1. The van der Waals surface area contributed by atoms with Crippen LogP contribution in [0.4, 0.5) is 5.69 Å². The Hall–Kier alpha value is -2.41. The zero-order valence-corrected chi connectivity index (χ0v) is 15.7. The van der Waals surface area contributed by atoms with Crippen molar-refractivity contribution in [3.63, 3.8) is 0 Å². The van der Waals surface area contributed by atoms with Gasteiger partial charge in [0.2, 0.25) is 0 Å². The molecule has 2 aromatic heterocycles. The molecule has 0 spiro atoms. The molecule has 0 saturated carbocycles. The van der Waals surface area contributed by atoms with Crippen molar-refractivity contribution in [1.82, 2.24) is 14.8 Å². The zero-order chi connectivity index (χ0) is 18.2. The predicted molar refractivity (Wildman–Crippen MR) is 98.7 cm³/mol. The Morgan fingerprint density at radius 3 is 2.68 bits per heavy atom. The van der Waals surface area contributed by atoms with Gasteiger partial charge in [-0.2, -0.15) is 5.10 Å². The number of rotatable bonds is 4. The molecule has 0 radical (unpaired) electrons. The van der Waals surface area contributed by atoms with E-state index in [1.165, 1.54) is 10.7 Å². The van der Waals surface area contributed by atoms with Crippen LogP contribution in [0.3, 0.4) is 0 Å². The number of hydrogen-bond acceptors (Lipinski definition) is 5. The average Bonchev–Trinajstić information content (AvgIpc) is 3.07. The van der Waals surface area contributed by atoms with Crippen LogP contribution >= 0.6 is 0 Å². The van der Waals surface area contributed by atoms with E-state index >= 15 is 0 Å². The van der Waals surface area contributed by atoms with Crippen LogP contribution in [0.25, 0.3) is 5.82 Å². The maximum atomic E-state index is 12.3. The minimum atomic E-state index is -3.40. The summed E-state index contributed by atoms with van der Waals surface area (Å²) in [4.78, 5) is 6.60. The van der Waals surface area contributed by atoms with Gasteiger partial charge >= 0.3 is 0 Å². The lowest BCUT2D eigenvalue weighted by atomic mass is 10.1. The fourth-order valence-corrected chi connectivity index (χ4v) is 3.58. The van der Waals surface area contributed by atoms with Gasteiger partial charge in [-0.15, -0.1) is 0 Å². The maximum Gasteiger partial charge on any atom is 0.199 e. The van der Waals surface area contributed by atoms with Gasteiger partial charge in [-0.1, -0.05) is 12.2 Å². The zero-order valence-electron chi connectivity index (χ0n) is 14.8. The summed E-state index contributed by atoms with van der Waals surface area (Å²) in [7, 11) is -3.40. The third-order valence-electron chi connectivity index (χ3n) is 4.25. The van der Waals surface area contributed by atoms with E-state index in [-0.39, 0.29) is 5.03 Å². The average molecular weight is 358 g/mol. The highest BCUT2D eigenvalue weighted by Crippen LogP contribution is 2.26. The summed E-state index contributed by atoms with van der Waals surface area (Å²) in [6.07, 6.45) is 9.61. The first-order chi connectivity index (χ1) is 11.8. The second kappa shape index (κ2) is 6.48. The van der Waals surface area contributed by atoms with Crippen molar-refractivity contribution < 1.29 is 8.42 Å². The molecule has 0 atom stereocenters. The van der Waals surface area contributed by atoms with Crippen LogP contribution in [0.15, 0.2) is 53.5 Å². The van der Waals surface area contributed by atoms with Gasteiger partial charge in [0.1, 0.15) is 0 Å². The first-order valence-electron chi connectivity index (χ1n) is 8.18. The van der Waals surface area contributed by atoms with Crippen LogP contribution in [-0.2, 0) is 9.84 Å². The Labute approximate surface area is 148 Å². The van der Waals surface area contributed by atoms with E-state index in [0.717, 1.165) is 23.5 Å². The predicted octanol–water partition coefficient (Wildman–Crippen LogP) is 3.04. The first kappa shape index (κ1) is 17.4. The molecule has 0 amide bonds. The molecule has 3 rings (SSSR count). The lowest BCUT2D eigenvalue weighted by Gasteiger charge is -2.27. The molecule has 3 heterocycles. The molecule has 0 aromatic carbocycles. The van der Waals surface area contributed by atoms with E-state index in [0.29, 0.717) is 5.82 Å². The van der Waals surface area contributed by atoms with Crippen LogP contribution in [0.2, 0.25) is 0 Å². The number of sulfone groups is 1. The quantitative estimate of drug-likeness (QED) is 0.840. The van der Waals surface area contributed by atoms with Crippen molar-refractivity contribution in [2.24, 2.45) is 0 Å². The molecule has 0 bridgehead atoms. The fraction of sp³-hybridized carbons (Fsp3) is 0.333. The van der Waals surface area contributed by atoms with Gasteiger partial charge in [-0.05, 0) is 45.4 Å². The SMILES string of the molecule is CC1=CC=CCN1c1cc(-n2ccc(S(=O)(=O)C(C)C)n2)ncc1C. The Morgan fingerprint density at radius 1 is 1.24 bits per heavy atom. The third-order valence-corrected chi connectivity index (χ3v) is 6.29. The summed E-state index contributed by atoms with van der Waals surface area (Å²) in [6.45, 7) is 8.16. The van der Waals surface area contributed by atoms with Crippen molar-refractivity contribution in [3.05, 3.63) is 54.0 Å². The van der Waals surface area contributed by atoms with Crippen molar-refractivity contribution in [1.29, 1.82) is 0 Å². The van der Waals surface area contributed by atoms with Gasteiger partial charge < -0.3 is 4.90 Å². The number of nitrogens with zero attached hydrogens (tertiary/aromatic N) is 4. The number of anilines is 1. The maximum absolute atomic E-state index is 12.3. The molecule has 132 valence electrons. The van der Waals surface area contributed by atoms with Crippen molar-refractivity contribution in [2.75, 3.05) is 11.4 Å². The largest absolute Gasteiger partial charge is 0.341 e. The van der Waals surface area contributed by atoms with Crippen LogP contribution in [-0.4, -0.2) is 35.0 Å². The van der Waals surface area contributed by atoms with Crippen LogP contribution in [0.1, 0.15) is 26.3 Å². The van der Waals surface area contributed by atoms with Gasteiger partial charge in [0.25, 0.3) is 0 Å². The molecule has 6 nitrogen and oxygen atoms in total. The molecule has 1 aliphatic heterocycles. The second-order valence-electron chi connectivity index (χ2n) is 6.37. The summed E-state index contributed by atoms with van der Waals surface area (Å²) in [5.74, 6) is 0.591. The molecule has 0 saturated heterocycles. The molecule has 0 aliphatic carbocycles. The molecule has 0 fully saturated rings. The van der Waals surface area contributed by atoms with Crippen molar-refractivity contribution in [2.45, 2.75) is 38.0 Å². The summed E-state index contributed by atoms with van der Waals surface area (Å²) in [5.41, 5.74) is 3.23. The summed E-state index contributed by atoms with van der Waals surface area (Å²) in [6, 6.07) is 3.45. The number of aromatic nitrogens is 3. The van der Waals surface area contributed by atoms with Gasteiger partial charge in [-0.25, -0.2) is 18.1 Å². The molecular formula is C18H22N4O2S. The molecular weight excluding hydrogens is 336 g/mol. The second-order valence-corrected chi connectivity index (χ2v) is 8.82. The van der Waals surface area contributed by atoms with Gasteiger partial charge in [0.15, 0.2) is 20.7 Å². The van der Waals surface area contributed by atoms with Crippen LogP contribution < -0.4 is 4.90 Å². The molecule has 25 heavy (non-hydrogen) atoms. The van der Waals surface area contributed by atoms with Crippen LogP contribution in [0, 0.1) is 6.92 Å². The fourth-order valence-electron chi connectivity index (χ4n) is 2.64. The third kappa shape index (κ3) is 3.24. The highest BCUT2D eigenvalue weighted by molar-refractivity contribution is 7.91. The smallest absolute Gasteiger partial charge is 0.199 e. The van der Waals surface area contributed by atoms with E-state index in [9.17, 15) is 8.42 Å². The molecule has 0 N–H and O–H groups in total. The number of allylic oxidation sites excluding steroid dienone is 3. The monoisotopic (exact) mass is 358 g/mol. The van der Waals surface area contributed by atoms with Gasteiger partial charge in [0.05, 0.1) is 5.25 Å². The highest BCUT2D eigenvalue weighted by atomic mass is 32.2. The Kier molecular flexibility index (Phi) is 4.51. The van der Waals surface area contributed by atoms with E-state index in [2.05, 4.69) is 34.1 Å².